The minimum Gasteiger partial charge on any atom is -0.507 e. The summed E-state index contributed by atoms with van der Waals surface area (Å²) in [6.45, 7) is 9.25. The summed E-state index contributed by atoms with van der Waals surface area (Å²) >= 11 is 0. The first-order valence-electron chi connectivity index (χ1n) is 5.69. The molecule has 2 N–H and O–H groups in total. The third kappa shape index (κ3) is 3.14. The minimum absolute atomic E-state index is 0.237. The van der Waals surface area contributed by atoms with Crippen LogP contribution in [0.25, 0.3) is 0 Å². The van der Waals surface area contributed by atoms with Gasteiger partial charge in [0, 0.05) is 23.9 Å². The Morgan fingerprint density at radius 2 is 2.06 bits per heavy atom. The molecule has 0 aliphatic rings. The highest BCUT2D eigenvalue weighted by Gasteiger charge is 2.08. The first-order chi connectivity index (χ1) is 7.56. The zero-order valence-electron chi connectivity index (χ0n) is 10.5. The Labute approximate surface area is 97.4 Å². The van der Waals surface area contributed by atoms with Gasteiger partial charge in [0.1, 0.15) is 5.75 Å². The van der Waals surface area contributed by atoms with E-state index in [0.29, 0.717) is 12.4 Å². The molecule has 16 heavy (non-hydrogen) atoms. The molecule has 3 nitrogen and oxygen atoms in total. The minimum atomic E-state index is 0.237. The van der Waals surface area contributed by atoms with Crippen LogP contribution in [0.4, 0.5) is 5.69 Å². The van der Waals surface area contributed by atoms with Crippen LogP contribution in [-0.2, 0) is 4.74 Å². The summed E-state index contributed by atoms with van der Waals surface area (Å²) in [5, 5.41) is 13.1. The number of phenols is 1. The third-order valence-corrected chi connectivity index (χ3v) is 2.61. The fourth-order valence-corrected chi connectivity index (χ4v) is 1.59. The number of hydrogen-bond donors (Lipinski definition) is 2. The van der Waals surface area contributed by atoms with Crippen molar-refractivity contribution in [3.05, 3.63) is 23.3 Å². The van der Waals surface area contributed by atoms with Crippen LogP contribution in [0.15, 0.2) is 12.1 Å². The highest BCUT2D eigenvalue weighted by Crippen LogP contribution is 2.28. The number of nitrogens with one attached hydrogen (secondary N) is 1. The van der Waals surface area contributed by atoms with Crippen molar-refractivity contribution in [3.63, 3.8) is 0 Å². The van der Waals surface area contributed by atoms with Gasteiger partial charge >= 0.3 is 0 Å². The van der Waals surface area contributed by atoms with Gasteiger partial charge in [0.2, 0.25) is 0 Å². The number of rotatable bonds is 5. The van der Waals surface area contributed by atoms with Crippen molar-refractivity contribution in [2.24, 2.45) is 0 Å². The Bertz CT molecular complexity index is 350. The van der Waals surface area contributed by atoms with E-state index in [4.69, 9.17) is 4.74 Å². The Balaban J connectivity index is 2.70. The quantitative estimate of drug-likeness (QED) is 0.806. The Kier molecular flexibility index (Phi) is 4.62. The molecule has 0 saturated heterocycles. The van der Waals surface area contributed by atoms with Crippen molar-refractivity contribution in [2.45, 2.75) is 33.7 Å². The maximum Gasteiger partial charge on any atom is 0.123 e. The molecule has 0 bridgehead atoms. The van der Waals surface area contributed by atoms with Gasteiger partial charge in [-0.1, -0.05) is 6.07 Å². The molecule has 0 aromatic heterocycles. The molecule has 0 amide bonds. The average Bonchev–Trinajstić information content (AvgIpc) is 2.27. The van der Waals surface area contributed by atoms with E-state index in [2.05, 4.69) is 12.2 Å². The van der Waals surface area contributed by atoms with Crippen LogP contribution in [0.5, 0.6) is 5.75 Å². The lowest BCUT2D eigenvalue weighted by molar-refractivity contribution is 0.141. The summed E-state index contributed by atoms with van der Waals surface area (Å²) in [6, 6.07) is 4.14. The molecule has 1 aromatic carbocycles. The zero-order valence-corrected chi connectivity index (χ0v) is 10.5. The number of ether oxygens (including phenoxy) is 1. The second-order valence-electron chi connectivity index (χ2n) is 4.11. The first kappa shape index (κ1) is 12.8. The van der Waals surface area contributed by atoms with E-state index in [1.54, 1.807) is 0 Å². The third-order valence-electron chi connectivity index (χ3n) is 2.61. The lowest BCUT2D eigenvalue weighted by Crippen LogP contribution is -2.22. The van der Waals surface area contributed by atoms with Crippen molar-refractivity contribution in [1.82, 2.24) is 0 Å². The van der Waals surface area contributed by atoms with Crippen molar-refractivity contribution in [1.29, 1.82) is 0 Å². The number of hydrogen-bond acceptors (Lipinski definition) is 3. The lowest BCUT2D eigenvalue weighted by Gasteiger charge is -2.18. The molecule has 1 unspecified atom stereocenters. The first-order valence-corrected chi connectivity index (χ1v) is 5.69. The highest BCUT2D eigenvalue weighted by atomic mass is 16.5. The van der Waals surface area contributed by atoms with E-state index in [0.717, 1.165) is 23.4 Å². The molecular weight excluding hydrogens is 202 g/mol. The number of benzene rings is 1. The second kappa shape index (κ2) is 5.75. The fraction of sp³-hybridized carbons (Fsp3) is 0.538. The van der Waals surface area contributed by atoms with Gasteiger partial charge < -0.3 is 15.2 Å². The van der Waals surface area contributed by atoms with E-state index in [-0.39, 0.29) is 6.04 Å². The van der Waals surface area contributed by atoms with Crippen LogP contribution in [0.1, 0.15) is 25.0 Å². The molecular formula is C13H21NO2. The van der Waals surface area contributed by atoms with Crippen LogP contribution in [0.3, 0.4) is 0 Å². The van der Waals surface area contributed by atoms with E-state index in [9.17, 15) is 5.11 Å². The van der Waals surface area contributed by atoms with Crippen molar-refractivity contribution >= 4 is 5.69 Å². The number of anilines is 1. The molecule has 0 saturated carbocycles. The Morgan fingerprint density at radius 1 is 1.38 bits per heavy atom. The molecule has 0 heterocycles. The maximum atomic E-state index is 9.80. The van der Waals surface area contributed by atoms with Gasteiger partial charge in [-0.15, -0.1) is 0 Å². The van der Waals surface area contributed by atoms with E-state index < -0.39 is 0 Å². The highest BCUT2D eigenvalue weighted by molar-refractivity contribution is 5.59. The molecule has 0 aliphatic heterocycles. The standard InChI is InChI=1S/C13H21NO2/c1-5-16-8-10(3)14-12-7-6-9(2)13(15)11(12)4/h6-7,10,14-15H,5,8H2,1-4H3. The van der Waals surface area contributed by atoms with Crippen LogP contribution >= 0.6 is 0 Å². The molecule has 0 fully saturated rings. The molecule has 1 rings (SSSR count). The van der Waals surface area contributed by atoms with Gasteiger partial charge in [0.05, 0.1) is 6.61 Å². The van der Waals surface area contributed by atoms with Gasteiger partial charge in [-0.3, -0.25) is 0 Å². The normalized spacial score (nSPS) is 12.5. The molecule has 90 valence electrons. The van der Waals surface area contributed by atoms with Crippen LogP contribution in [0, 0.1) is 13.8 Å². The largest absolute Gasteiger partial charge is 0.507 e. The lowest BCUT2D eigenvalue weighted by atomic mass is 10.1. The smallest absolute Gasteiger partial charge is 0.123 e. The predicted octanol–water partition coefficient (Wildman–Crippen LogP) is 2.85. The van der Waals surface area contributed by atoms with Gasteiger partial charge in [-0.2, -0.15) is 0 Å². The summed E-state index contributed by atoms with van der Waals surface area (Å²) in [4.78, 5) is 0. The summed E-state index contributed by atoms with van der Waals surface area (Å²) in [6.07, 6.45) is 0. The molecule has 0 aliphatic carbocycles. The monoisotopic (exact) mass is 223 g/mol. The fourth-order valence-electron chi connectivity index (χ4n) is 1.59. The molecule has 0 radical (unpaired) electrons. The Hall–Kier alpha value is -1.22. The van der Waals surface area contributed by atoms with Crippen LogP contribution < -0.4 is 5.32 Å². The SMILES string of the molecule is CCOCC(C)Nc1ccc(C)c(O)c1C. The summed E-state index contributed by atoms with van der Waals surface area (Å²) in [5.41, 5.74) is 2.76. The van der Waals surface area contributed by atoms with Crippen molar-refractivity contribution in [3.8, 4) is 5.75 Å². The van der Waals surface area contributed by atoms with Gasteiger partial charge in [0.15, 0.2) is 0 Å². The van der Waals surface area contributed by atoms with Crippen LogP contribution in [0.2, 0.25) is 0 Å². The van der Waals surface area contributed by atoms with Gasteiger partial charge in [-0.05, 0) is 39.3 Å². The number of aryl methyl sites for hydroxylation is 1. The topological polar surface area (TPSA) is 41.5 Å². The second-order valence-corrected chi connectivity index (χ2v) is 4.11. The van der Waals surface area contributed by atoms with Gasteiger partial charge in [-0.25, -0.2) is 0 Å². The maximum absolute atomic E-state index is 9.80. The molecule has 0 spiro atoms. The average molecular weight is 223 g/mol. The Morgan fingerprint density at radius 3 is 2.69 bits per heavy atom. The van der Waals surface area contributed by atoms with E-state index in [1.165, 1.54) is 0 Å². The number of aromatic hydroxyl groups is 1. The van der Waals surface area contributed by atoms with Gasteiger partial charge in [0.25, 0.3) is 0 Å². The molecule has 1 atom stereocenters. The van der Waals surface area contributed by atoms with E-state index in [1.807, 2.05) is 32.9 Å². The summed E-state index contributed by atoms with van der Waals surface area (Å²) in [5.74, 6) is 0.369. The molecule has 1 aromatic rings. The van der Waals surface area contributed by atoms with E-state index >= 15 is 0 Å². The predicted molar refractivity (Wildman–Crippen MR) is 67.2 cm³/mol. The zero-order chi connectivity index (χ0) is 12.1. The summed E-state index contributed by atoms with van der Waals surface area (Å²) in [7, 11) is 0. The number of phenolic OH excluding ortho intramolecular Hbond substituents is 1. The van der Waals surface area contributed by atoms with Crippen molar-refractivity contribution in [2.75, 3.05) is 18.5 Å². The summed E-state index contributed by atoms with van der Waals surface area (Å²) < 4.78 is 5.34. The van der Waals surface area contributed by atoms with Crippen molar-refractivity contribution < 1.29 is 9.84 Å². The molecule has 3 heteroatoms. The van der Waals surface area contributed by atoms with Crippen LogP contribution in [-0.4, -0.2) is 24.4 Å².